The highest BCUT2D eigenvalue weighted by Gasteiger charge is 2.20. The van der Waals surface area contributed by atoms with Crippen LogP contribution in [0.2, 0.25) is 0 Å². The van der Waals surface area contributed by atoms with Gasteiger partial charge in [-0.05, 0) is 37.4 Å². The lowest BCUT2D eigenvalue weighted by molar-refractivity contribution is -0.115. The molecule has 6 heterocycles. The lowest BCUT2D eigenvalue weighted by Gasteiger charge is -2.33. The predicted octanol–water partition coefficient (Wildman–Crippen LogP) is 2.37. The monoisotopic (exact) mass is 468 g/mol. The van der Waals surface area contributed by atoms with E-state index in [4.69, 9.17) is 4.98 Å². The first-order valence-corrected chi connectivity index (χ1v) is 11.5. The maximum Gasteiger partial charge on any atom is 0.259 e. The van der Waals surface area contributed by atoms with Crippen molar-refractivity contribution in [1.29, 1.82) is 0 Å². The molecule has 176 valence electrons. The van der Waals surface area contributed by atoms with Crippen LogP contribution in [0.25, 0.3) is 22.2 Å². The number of aromatic nitrogens is 4. The van der Waals surface area contributed by atoms with Crippen molar-refractivity contribution in [2.45, 2.75) is 6.42 Å². The molecule has 0 radical (unpaired) electrons. The van der Waals surface area contributed by atoms with E-state index in [-0.39, 0.29) is 17.9 Å². The Hall–Kier alpha value is -4.31. The highest BCUT2D eigenvalue weighted by Crippen LogP contribution is 2.31. The molecule has 1 saturated heterocycles. The van der Waals surface area contributed by atoms with E-state index in [0.717, 1.165) is 43.0 Å². The van der Waals surface area contributed by atoms with Gasteiger partial charge in [-0.15, -0.1) is 0 Å². The molecule has 0 bridgehead atoms. The molecule has 4 aromatic rings. The average Bonchev–Trinajstić information content (AvgIpc) is 3.24. The fourth-order valence-electron chi connectivity index (χ4n) is 4.54. The third kappa shape index (κ3) is 4.08. The summed E-state index contributed by atoms with van der Waals surface area (Å²) in [6.07, 6.45) is 5.41. The Labute approximate surface area is 201 Å². The molecule has 0 aromatic carbocycles. The van der Waals surface area contributed by atoms with E-state index >= 15 is 0 Å². The summed E-state index contributed by atoms with van der Waals surface area (Å²) in [5.41, 5.74) is 4.24. The zero-order valence-electron chi connectivity index (χ0n) is 19.2. The minimum atomic E-state index is -0.236. The summed E-state index contributed by atoms with van der Waals surface area (Å²) in [6.45, 7) is 3.98. The van der Waals surface area contributed by atoms with Crippen LogP contribution in [0.3, 0.4) is 0 Å². The lowest BCUT2D eigenvalue weighted by Crippen LogP contribution is -2.44. The van der Waals surface area contributed by atoms with Crippen molar-refractivity contribution >= 4 is 39.8 Å². The number of H-pyrrole nitrogens is 1. The number of nitrogens with zero attached hydrogens (tertiary/aromatic N) is 5. The molecule has 3 N–H and O–H groups in total. The number of hydrogen-bond acceptors (Lipinski definition) is 8. The van der Waals surface area contributed by atoms with Gasteiger partial charge in [0.2, 0.25) is 5.91 Å². The van der Waals surface area contributed by atoms with Crippen LogP contribution in [0.1, 0.15) is 5.56 Å². The predicted molar refractivity (Wildman–Crippen MR) is 135 cm³/mol. The Kier molecular flexibility index (Phi) is 5.14. The van der Waals surface area contributed by atoms with Crippen LogP contribution in [0, 0.1) is 0 Å². The summed E-state index contributed by atoms with van der Waals surface area (Å²) in [7, 11) is 2.13. The SMILES string of the molecule is CN1CCN(c2ccc(Nc3cc(-c4cnc5c(c4)CC(=O)N5)nc4cc[nH]c(=O)c34)nc2)CC1. The van der Waals surface area contributed by atoms with E-state index in [1.54, 1.807) is 18.5 Å². The fraction of sp³-hybridized carbons (Fsp3) is 0.240. The summed E-state index contributed by atoms with van der Waals surface area (Å²) in [6, 6.07) is 9.46. The number of piperazine rings is 1. The van der Waals surface area contributed by atoms with E-state index in [0.29, 0.717) is 33.9 Å². The molecule has 0 spiro atoms. The zero-order chi connectivity index (χ0) is 23.9. The van der Waals surface area contributed by atoms with Crippen molar-refractivity contribution in [3.05, 3.63) is 64.8 Å². The number of carbonyl (C=O) groups is 1. The number of rotatable bonds is 4. The van der Waals surface area contributed by atoms with Crippen LogP contribution in [0.5, 0.6) is 0 Å². The van der Waals surface area contributed by atoms with E-state index < -0.39 is 0 Å². The van der Waals surface area contributed by atoms with E-state index in [9.17, 15) is 9.59 Å². The molecule has 35 heavy (non-hydrogen) atoms. The summed E-state index contributed by atoms with van der Waals surface area (Å²) in [5, 5.41) is 6.51. The minimum absolute atomic E-state index is 0.0731. The second-order valence-electron chi connectivity index (χ2n) is 8.90. The van der Waals surface area contributed by atoms with Crippen molar-refractivity contribution < 1.29 is 4.79 Å². The Morgan fingerprint density at radius 2 is 1.86 bits per heavy atom. The van der Waals surface area contributed by atoms with Gasteiger partial charge in [-0.1, -0.05) is 0 Å². The van der Waals surface area contributed by atoms with E-state index in [2.05, 4.69) is 42.4 Å². The fourth-order valence-corrected chi connectivity index (χ4v) is 4.54. The number of pyridine rings is 4. The van der Waals surface area contributed by atoms with Gasteiger partial charge in [-0.25, -0.2) is 15.0 Å². The van der Waals surface area contributed by atoms with Crippen LogP contribution in [0.4, 0.5) is 23.0 Å². The molecule has 6 rings (SSSR count). The van der Waals surface area contributed by atoms with Crippen LogP contribution in [-0.4, -0.2) is 64.0 Å². The molecule has 0 unspecified atom stereocenters. The molecule has 10 nitrogen and oxygen atoms in total. The topological polar surface area (TPSA) is 119 Å². The number of amides is 1. The van der Waals surface area contributed by atoms with Crippen LogP contribution in [0.15, 0.2) is 53.7 Å². The number of aromatic amines is 1. The molecular formula is C25H24N8O2. The Morgan fingerprint density at radius 3 is 2.66 bits per heavy atom. The molecule has 1 amide bonds. The molecule has 2 aliphatic heterocycles. The van der Waals surface area contributed by atoms with Gasteiger partial charge in [0.15, 0.2) is 0 Å². The molecule has 4 aromatic heterocycles. The second kappa shape index (κ2) is 8.48. The third-order valence-corrected chi connectivity index (χ3v) is 6.48. The summed E-state index contributed by atoms with van der Waals surface area (Å²) >= 11 is 0. The van der Waals surface area contributed by atoms with Crippen LogP contribution in [-0.2, 0) is 11.2 Å². The van der Waals surface area contributed by atoms with Gasteiger partial charge in [-0.2, -0.15) is 0 Å². The van der Waals surface area contributed by atoms with Gasteiger partial charge in [-0.3, -0.25) is 9.59 Å². The highest BCUT2D eigenvalue weighted by molar-refractivity contribution is 5.99. The number of hydrogen-bond donors (Lipinski definition) is 3. The van der Waals surface area contributed by atoms with Crippen molar-refractivity contribution in [2.24, 2.45) is 0 Å². The maximum atomic E-state index is 12.7. The molecule has 0 saturated carbocycles. The second-order valence-corrected chi connectivity index (χ2v) is 8.90. The molecular weight excluding hydrogens is 444 g/mol. The van der Waals surface area contributed by atoms with Gasteiger partial charge in [0.1, 0.15) is 11.6 Å². The van der Waals surface area contributed by atoms with Crippen molar-refractivity contribution in [2.75, 3.05) is 48.8 Å². The zero-order valence-corrected chi connectivity index (χ0v) is 19.2. The number of carbonyl (C=O) groups excluding carboxylic acids is 1. The molecule has 2 aliphatic rings. The number of fused-ring (bicyclic) bond motifs is 2. The smallest absolute Gasteiger partial charge is 0.259 e. The standard InChI is InChI=1S/C25H24N8O2/c1-32-6-8-33(9-7-32)17-2-3-21(27-14-17)30-20-12-19(29-18-4-5-26-25(35)23(18)20)16-10-15-11-22(34)31-24(15)28-13-16/h2-5,10,12-14H,6-9,11H2,1H3,(H,26,35)(H,27,29,30)(H,28,31,34). The summed E-state index contributed by atoms with van der Waals surface area (Å²) in [5.74, 6) is 1.14. The van der Waals surface area contributed by atoms with Gasteiger partial charge in [0.25, 0.3) is 5.56 Å². The first-order valence-electron chi connectivity index (χ1n) is 11.5. The summed E-state index contributed by atoms with van der Waals surface area (Å²) in [4.78, 5) is 45.5. The third-order valence-electron chi connectivity index (χ3n) is 6.48. The van der Waals surface area contributed by atoms with Crippen molar-refractivity contribution in [3.8, 4) is 11.3 Å². The van der Waals surface area contributed by atoms with Crippen molar-refractivity contribution in [1.82, 2.24) is 24.8 Å². The van der Waals surface area contributed by atoms with Gasteiger partial charge in [0, 0.05) is 49.7 Å². The van der Waals surface area contributed by atoms with Crippen molar-refractivity contribution in [3.63, 3.8) is 0 Å². The highest BCUT2D eigenvalue weighted by atomic mass is 16.2. The quantitative estimate of drug-likeness (QED) is 0.418. The van der Waals surface area contributed by atoms with E-state index in [1.165, 1.54) is 0 Å². The van der Waals surface area contributed by atoms with Gasteiger partial charge < -0.3 is 25.4 Å². The molecule has 0 aliphatic carbocycles. The molecule has 10 heteroatoms. The van der Waals surface area contributed by atoms with E-state index in [1.807, 2.05) is 30.5 Å². The Bertz CT molecular complexity index is 1490. The first kappa shape index (κ1) is 21.2. The van der Waals surface area contributed by atoms with Crippen LogP contribution >= 0.6 is 0 Å². The van der Waals surface area contributed by atoms with Crippen LogP contribution < -0.4 is 21.1 Å². The lowest BCUT2D eigenvalue weighted by atomic mass is 10.1. The largest absolute Gasteiger partial charge is 0.368 e. The minimum Gasteiger partial charge on any atom is -0.368 e. The average molecular weight is 469 g/mol. The number of nitrogens with one attached hydrogen (secondary N) is 3. The maximum absolute atomic E-state index is 12.7. The Balaban J connectivity index is 1.35. The van der Waals surface area contributed by atoms with Gasteiger partial charge in [0.05, 0.1) is 40.6 Å². The Morgan fingerprint density at radius 1 is 1.00 bits per heavy atom. The number of likely N-dealkylation sites (N-methyl/N-ethyl adjacent to an activating group) is 1. The molecule has 1 fully saturated rings. The molecule has 0 atom stereocenters. The normalized spacial score (nSPS) is 15.8. The number of anilines is 4. The van der Waals surface area contributed by atoms with Gasteiger partial charge >= 0.3 is 0 Å². The summed E-state index contributed by atoms with van der Waals surface area (Å²) < 4.78 is 0. The first-order chi connectivity index (χ1) is 17.0.